The van der Waals surface area contributed by atoms with Crippen LogP contribution in [0.15, 0.2) is 12.4 Å². The third kappa shape index (κ3) is 4.38. The summed E-state index contributed by atoms with van der Waals surface area (Å²) >= 11 is 0. The Morgan fingerprint density at radius 2 is 2.24 bits per heavy atom. The molecular weight excluding hydrogens is 218 g/mol. The number of carboxylic acids is 1. The number of carboxylic acid groups (broad SMARTS) is 1. The van der Waals surface area contributed by atoms with Crippen LogP contribution in [0.25, 0.3) is 0 Å². The number of nitrogens with zero attached hydrogens (tertiary/aromatic N) is 2. The lowest BCUT2D eigenvalue weighted by Gasteiger charge is -2.11. The van der Waals surface area contributed by atoms with Gasteiger partial charge in [-0.3, -0.25) is 4.79 Å². The maximum Gasteiger partial charge on any atom is 0.308 e. The van der Waals surface area contributed by atoms with E-state index in [1.54, 1.807) is 0 Å². The minimum absolute atomic E-state index is 0.375. The van der Waals surface area contributed by atoms with Gasteiger partial charge in [0.25, 0.3) is 0 Å². The molecule has 1 rings (SSSR count). The Balaban J connectivity index is 2.56. The third-order valence-electron chi connectivity index (χ3n) is 2.60. The molecule has 1 heterocycles. The Morgan fingerprint density at radius 3 is 2.82 bits per heavy atom. The zero-order valence-corrected chi connectivity index (χ0v) is 10.3. The molecule has 0 aliphatic rings. The molecule has 0 bridgehead atoms. The average molecular weight is 237 g/mol. The minimum Gasteiger partial charge on any atom is -0.481 e. The number of aromatic nitrogens is 2. The van der Waals surface area contributed by atoms with E-state index in [1.807, 2.05) is 13.0 Å². The summed E-state index contributed by atoms with van der Waals surface area (Å²) in [6, 6.07) is 1.87. The molecule has 0 aliphatic heterocycles. The standard InChI is InChI=1S/C12H19N3O2/c1-3-5-10-6-11(15-8-14-10)13-7-9(4-2)12(16)17/h6,8-9H,3-5,7H2,1-2H3,(H,16,17)(H,13,14,15). The van der Waals surface area contributed by atoms with Crippen molar-refractivity contribution in [2.24, 2.45) is 5.92 Å². The van der Waals surface area contributed by atoms with Gasteiger partial charge < -0.3 is 10.4 Å². The van der Waals surface area contributed by atoms with Crippen molar-refractivity contribution in [3.63, 3.8) is 0 Å². The van der Waals surface area contributed by atoms with Crippen LogP contribution in [-0.4, -0.2) is 27.6 Å². The number of hydrogen-bond acceptors (Lipinski definition) is 4. The average Bonchev–Trinajstić information content (AvgIpc) is 2.30. The van der Waals surface area contributed by atoms with Gasteiger partial charge in [-0.05, 0) is 12.8 Å². The van der Waals surface area contributed by atoms with E-state index >= 15 is 0 Å². The molecule has 0 amide bonds. The molecule has 0 spiro atoms. The largest absolute Gasteiger partial charge is 0.481 e. The highest BCUT2D eigenvalue weighted by Crippen LogP contribution is 2.08. The van der Waals surface area contributed by atoms with Crippen LogP contribution in [0.2, 0.25) is 0 Å². The zero-order valence-electron chi connectivity index (χ0n) is 10.3. The SMILES string of the molecule is CCCc1cc(NCC(CC)C(=O)O)ncn1. The van der Waals surface area contributed by atoms with E-state index in [0.29, 0.717) is 18.8 Å². The molecule has 1 aromatic rings. The fourth-order valence-corrected chi connectivity index (χ4v) is 1.52. The lowest BCUT2D eigenvalue weighted by atomic mass is 10.1. The van der Waals surface area contributed by atoms with Crippen LogP contribution in [0.4, 0.5) is 5.82 Å². The quantitative estimate of drug-likeness (QED) is 0.758. The molecule has 0 saturated heterocycles. The van der Waals surface area contributed by atoms with Crippen molar-refractivity contribution in [1.29, 1.82) is 0 Å². The van der Waals surface area contributed by atoms with Gasteiger partial charge in [-0.15, -0.1) is 0 Å². The highest BCUT2D eigenvalue weighted by Gasteiger charge is 2.14. The maximum absolute atomic E-state index is 10.8. The molecule has 0 fully saturated rings. The summed E-state index contributed by atoms with van der Waals surface area (Å²) < 4.78 is 0. The lowest BCUT2D eigenvalue weighted by Crippen LogP contribution is -2.22. The summed E-state index contributed by atoms with van der Waals surface area (Å²) in [6.45, 7) is 4.35. The van der Waals surface area contributed by atoms with E-state index in [2.05, 4.69) is 22.2 Å². The van der Waals surface area contributed by atoms with Gasteiger partial charge in [-0.2, -0.15) is 0 Å². The van der Waals surface area contributed by atoms with Crippen molar-refractivity contribution < 1.29 is 9.90 Å². The van der Waals surface area contributed by atoms with Crippen LogP contribution in [-0.2, 0) is 11.2 Å². The van der Waals surface area contributed by atoms with Gasteiger partial charge in [0.2, 0.25) is 0 Å². The molecule has 5 nitrogen and oxygen atoms in total. The Labute approximate surface area is 101 Å². The monoisotopic (exact) mass is 237 g/mol. The number of nitrogens with one attached hydrogen (secondary N) is 1. The van der Waals surface area contributed by atoms with E-state index < -0.39 is 5.97 Å². The smallest absolute Gasteiger partial charge is 0.308 e. The highest BCUT2D eigenvalue weighted by atomic mass is 16.4. The van der Waals surface area contributed by atoms with Crippen molar-refractivity contribution in [2.45, 2.75) is 33.1 Å². The number of aryl methyl sites for hydroxylation is 1. The molecule has 1 unspecified atom stereocenters. The van der Waals surface area contributed by atoms with Crippen molar-refractivity contribution in [3.05, 3.63) is 18.1 Å². The van der Waals surface area contributed by atoms with Crippen molar-refractivity contribution in [2.75, 3.05) is 11.9 Å². The van der Waals surface area contributed by atoms with Crippen LogP contribution < -0.4 is 5.32 Å². The first-order valence-corrected chi connectivity index (χ1v) is 5.95. The summed E-state index contributed by atoms with van der Waals surface area (Å²) in [4.78, 5) is 19.1. The normalized spacial score (nSPS) is 12.1. The number of carbonyl (C=O) groups is 1. The second-order valence-corrected chi connectivity index (χ2v) is 3.97. The molecule has 0 aliphatic carbocycles. The molecule has 0 saturated carbocycles. The highest BCUT2D eigenvalue weighted by molar-refractivity contribution is 5.70. The second-order valence-electron chi connectivity index (χ2n) is 3.97. The van der Waals surface area contributed by atoms with Crippen LogP contribution in [0.1, 0.15) is 32.4 Å². The fourth-order valence-electron chi connectivity index (χ4n) is 1.52. The number of rotatable bonds is 7. The van der Waals surface area contributed by atoms with Crippen LogP contribution in [0, 0.1) is 5.92 Å². The first-order chi connectivity index (χ1) is 8.17. The van der Waals surface area contributed by atoms with Crippen LogP contribution in [0.3, 0.4) is 0 Å². The molecular formula is C12H19N3O2. The Kier molecular flexibility index (Phi) is 5.39. The van der Waals surface area contributed by atoms with Crippen molar-refractivity contribution in [3.8, 4) is 0 Å². The summed E-state index contributed by atoms with van der Waals surface area (Å²) in [6.07, 6.45) is 4.06. The molecule has 1 atom stereocenters. The van der Waals surface area contributed by atoms with E-state index in [9.17, 15) is 4.79 Å². The Hall–Kier alpha value is -1.65. The summed E-state index contributed by atoms with van der Waals surface area (Å²) in [7, 11) is 0. The Bertz CT molecular complexity index is 369. The summed E-state index contributed by atoms with van der Waals surface area (Å²) in [5.41, 5.74) is 0.980. The van der Waals surface area contributed by atoms with Gasteiger partial charge in [0.15, 0.2) is 0 Å². The van der Waals surface area contributed by atoms with Crippen molar-refractivity contribution in [1.82, 2.24) is 9.97 Å². The summed E-state index contributed by atoms with van der Waals surface area (Å²) in [5, 5.41) is 12.0. The lowest BCUT2D eigenvalue weighted by molar-refractivity contribution is -0.141. The van der Waals surface area contributed by atoms with E-state index in [-0.39, 0.29) is 5.92 Å². The predicted octanol–water partition coefficient (Wildman–Crippen LogP) is 1.95. The fraction of sp³-hybridized carbons (Fsp3) is 0.583. The molecule has 17 heavy (non-hydrogen) atoms. The number of hydrogen-bond donors (Lipinski definition) is 2. The van der Waals surface area contributed by atoms with Gasteiger partial charge in [-0.1, -0.05) is 20.3 Å². The van der Waals surface area contributed by atoms with Gasteiger partial charge in [-0.25, -0.2) is 9.97 Å². The molecule has 2 N–H and O–H groups in total. The Morgan fingerprint density at radius 1 is 1.47 bits per heavy atom. The molecule has 1 aromatic heterocycles. The van der Waals surface area contributed by atoms with Crippen LogP contribution >= 0.6 is 0 Å². The first-order valence-electron chi connectivity index (χ1n) is 5.95. The van der Waals surface area contributed by atoms with Gasteiger partial charge >= 0.3 is 5.97 Å². The second kappa shape index (κ2) is 6.83. The van der Waals surface area contributed by atoms with E-state index in [0.717, 1.165) is 18.5 Å². The molecule has 0 radical (unpaired) electrons. The molecule has 94 valence electrons. The minimum atomic E-state index is -0.775. The van der Waals surface area contributed by atoms with Crippen molar-refractivity contribution >= 4 is 11.8 Å². The van der Waals surface area contributed by atoms with E-state index in [1.165, 1.54) is 6.33 Å². The molecule has 0 aromatic carbocycles. The summed E-state index contributed by atoms with van der Waals surface area (Å²) in [5.74, 6) is -0.453. The van der Waals surface area contributed by atoms with E-state index in [4.69, 9.17) is 5.11 Å². The maximum atomic E-state index is 10.8. The number of anilines is 1. The number of aliphatic carboxylic acids is 1. The van der Waals surface area contributed by atoms with Gasteiger partial charge in [0, 0.05) is 18.3 Å². The van der Waals surface area contributed by atoms with Gasteiger partial charge in [0.05, 0.1) is 5.92 Å². The topological polar surface area (TPSA) is 75.1 Å². The third-order valence-corrected chi connectivity index (χ3v) is 2.60. The predicted molar refractivity (Wildman–Crippen MR) is 65.9 cm³/mol. The van der Waals surface area contributed by atoms with Crippen LogP contribution in [0.5, 0.6) is 0 Å². The first kappa shape index (κ1) is 13.4. The van der Waals surface area contributed by atoms with Gasteiger partial charge in [0.1, 0.15) is 12.1 Å². The molecule has 5 heteroatoms. The zero-order chi connectivity index (χ0) is 12.7.